The SMILES string of the molecule is CC1(C)c2nc(-c3ccc(F)cc3)c(Nc3cccc(NS(C)(=O)=O)c3)n2CCN1C(=O)CN. The number of benzene rings is 2. The third-order valence-corrected chi connectivity index (χ3v) is 6.37. The minimum Gasteiger partial charge on any atom is -0.340 e. The Hall–Kier alpha value is -3.44. The summed E-state index contributed by atoms with van der Waals surface area (Å²) in [6.45, 7) is 4.64. The van der Waals surface area contributed by atoms with E-state index in [0.29, 0.717) is 47.4 Å². The van der Waals surface area contributed by atoms with Crippen molar-refractivity contribution in [3.63, 3.8) is 0 Å². The number of nitrogens with two attached hydrogens (primary N) is 1. The van der Waals surface area contributed by atoms with Crippen molar-refractivity contribution in [3.05, 3.63) is 60.2 Å². The first-order valence-corrected chi connectivity index (χ1v) is 12.6. The Labute approximate surface area is 197 Å². The Bertz CT molecular complexity index is 1340. The summed E-state index contributed by atoms with van der Waals surface area (Å²) in [7, 11) is -3.44. The van der Waals surface area contributed by atoms with E-state index >= 15 is 0 Å². The second-order valence-corrected chi connectivity index (χ2v) is 10.4. The van der Waals surface area contributed by atoms with Gasteiger partial charge in [-0.3, -0.25) is 9.52 Å². The zero-order valence-electron chi connectivity index (χ0n) is 19.2. The van der Waals surface area contributed by atoms with Gasteiger partial charge < -0.3 is 20.5 Å². The first-order valence-electron chi connectivity index (χ1n) is 10.7. The number of fused-ring (bicyclic) bond motifs is 1. The summed E-state index contributed by atoms with van der Waals surface area (Å²) in [6, 6.07) is 12.9. The quantitative estimate of drug-likeness (QED) is 0.493. The first kappa shape index (κ1) is 23.7. The van der Waals surface area contributed by atoms with Gasteiger partial charge in [0.25, 0.3) is 0 Å². The molecule has 0 aliphatic carbocycles. The average Bonchev–Trinajstić information content (AvgIpc) is 3.12. The largest absolute Gasteiger partial charge is 0.340 e. The maximum atomic E-state index is 13.6. The summed E-state index contributed by atoms with van der Waals surface area (Å²) in [5.41, 5.74) is 7.23. The molecule has 11 heteroatoms. The predicted octanol–water partition coefficient (Wildman–Crippen LogP) is 2.84. The van der Waals surface area contributed by atoms with Crippen LogP contribution in [0.5, 0.6) is 0 Å². The van der Waals surface area contributed by atoms with Crippen molar-refractivity contribution >= 4 is 33.1 Å². The van der Waals surface area contributed by atoms with Crippen LogP contribution in [0, 0.1) is 5.82 Å². The summed E-state index contributed by atoms with van der Waals surface area (Å²) in [4.78, 5) is 19.1. The number of nitrogens with one attached hydrogen (secondary N) is 2. The normalized spacial score (nSPS) is 15.0. The van der Waals surface area contributed by atoms with Gasteiger partial charge in [-0.1, -0.05) is 6.07 Å². The Balaban J connectivity index is 1.82. The van der Waals surface area contributed by atoms with E-state index in [0.717, 1.165) is 6.26 Å². The molecule has 3 aromatic rings. The number of carbonyl (C=O) groups excluding carboxylic acids is 1. The number of aromatic nitrogens is 2. The highest BCUT2D eigenvalue weighted by molar-refractivity contribution is 7.92. The van der Waals surface area contributed by atoms with Crippen molar-refractivity contribution in [1.29, 1.82) is 0 Å². The second-order valence-electron chi connectivity index (χ2n) is 8.68. The van der Waals surface area contributed by atoms with E-state index in [2.05, 4.69) is 10.0 Å². The van der Waals surface area contributed by atoms with Gasteiger partial charge in [0.15, 0.2) is 0 Å². The summed E-state index contributed by atoms with van der Waals surface area (Å²) < 4.78 is 41.4. The fraction of sp³-hybridized carbons (Fsp3) is 0.304. The number of imidazole rings is 1. The van der Waals surface area contributed by atoms with E-state index in [9.17, 15) is 17.6 Å². The second kappa shape index (κ2) is 8.73. The highest BCUT2D eigenvalue weighted by Gasteiger charge is 2.41. The fourth-order valence-corrected chi connectivity index (χ4v) is 4.79. The van der Waals surface area contributed by atoms with Gasteiger partial charge in [0.2, 0.25) is 15.9 Å². The molecule has 180 valence electrons. The van der Waals surface area contributed by atoms with Crippen molar-refractivity contribution in [2.24, 2.45) is 5.73 Å². The van der Waals surface area contributed by atoms with Gasteiger partial charge >= 0.3 is 0 Å². The molecule has 0 radical (unpaired) electrons. The van der Waals surface area contributed by atoms with E-state index in [1.54, 1.807) is 41.3 Å². The number of hydrogen-bond donors (Lipinski definition) is 3. The Morgan fingerprint density at radius 3 is 2.47 bits per heavy atom. The monoisotopic (exact) mass is 486 g/mol. The number of halogens is 1. The molecule has 9 nitrogen and oxygen atoms in total. The molecule has 1 amide bonds. The van der Waals surface area contributed by atoms with Gasteiger partial charge in [-0.05, 0) is 56.3 Å². The molecular weight excluding hydrogens is 459 g/mol. The Morgan fingerprint density at radius 1 is 1.15 bits per heavy atom. The lowest BCUT2D eigenvalue weighted by Gasteiger charge is -2.42. The van der Waals surface area contributed by atoms with Crippen LogP contribution < -0.4 is 15.8 Å². The van der Waals surface area contributed by atoms with Crippen LogP contribution in [0.3, 0.4) is 0 Å². The van der Waals surface area contributed by atoms with Crippen molar-refractivity contribution in [3.8, 4) is 11.3 Å². The summed E-state index contributed by atoms with van der Waals surface area (Å²) in [5.74, 6) is 0.789. The number of hydrogen-bond acceptors (Lipinski definition) is 6. The van der Waals surface area contributed by atoms with Gasteiger partial charge in [0.05, 0.1) is 24.0 Å². The van der Waals surface area contributed by atoms with Crippen molar-refractivity contribution < 1.29 is 17.6 Å². The van der Waals surface area contributed by atoms with E-state index in [1.165, 1.54) is 12.1 Å². The maximum Gasteiger partial charge on any atom is 0.237 e. The van der Waals surface area contributed by atoms with Crippen LogP contribution in [0.15, 0.2) is 48.5 Å². The number of carbonyl (C=O) groups is 1. The Morgan fingerprint density at radius 2 is 1.82 bits per heavy atom. The lowest BCUT2D eigenvalue weighted by Crippen LogP contribution is -2.53. The van der Waals surface area contributed by atoms with E-state index < -0.39 is 15.6 Å². The molecule has 0 unspecified atom stereocenters. The van der Waals surface area contributed by atoms with Crippen molar-refractivity contribution in [2.75, 3.05) is 29.4 Å². The molecule has 1 aliphatic heterocycles. The minimum atomic E-state index is -3.44. The highest BCUT2D eigenvalue weighted by Crippen LogP contribution is 2.39. The van der Waals surface area contributed by atoms with Crippen LogP contribution in [0.4, 0.5) is 21.6 Å². The van der Waals surface area contributed by atoms with Gasteiger partial charge in [-0.2, -0.15) is 0 Å². The van der Waals surface area contributed by atoms with Crippen molar-refractivity contribution in [2.45, 2.75) is 25.9 Å². The van der Waals surface area contributed by atoms with E-state index in [1.807, 2.05) is 18.4 Å². The minimum absolute atomic E-state index is 0.0970. The van der Waals surface area contributed by atoms with E-state index in [-0.39, 0.29) is 18.3 Å². The number of sulfonamides is 1. The molecule has 2 heterocycles. The fourth-order valence-electron chi connectivity index (χ4n) is 4.23. The molecule has 0 fully saturated rings. The van der Waals surface area contributed by atoms with Gasteiger partial charge in [-0.15, -0.1) is 0 Å². The molecule has 1 aromatic heterocycles. The average molecular weight is 487 g/mol. The molecule has 0 saturated carbocycles. The summed E-state index contributed by atoms with van der Waals surface area (Å²) >= 11 is 0. The highest BCUT2D eigenvalue weighted by atomic mass is 32.2. The summed E-state index contributed by atoms with van der Waals surface area (Å²) in [6.07, 6.45) is 1.09. The van der Waals surface area contributed by atoms with Gasteiger partial charge in [0, 0.05) is 24.3 Å². The van der Waals surface area contributed by atoms with Crippen LogP contribution in [0.1, 0.15) is 19.7 Å². The molecule has 4 N–H and O–H groups in total. The molecule has 34 heavy (non-hydrogen) atoms. The molecule has 2 aromatic carbocycles. The molecule has 4 rings (SSSR count). The summed E-state index contributed by atoms with van der Waals surface area (Å²) in [5, 5.41) is 3.36. The van der Waals surface area contributed by atoms with Crippen LogP contribution in [0.2, 0.25) is 0 Å². The van der Waals surface area contributed by atoms with E-state index in [4.69, 9.17) is 10.7 Å². The van der Waals surface area contributed by atoms with Crippen LogP contribution in [-0.4, -0.2) is 48.1 Å². The van der Waals surface area contributed by atoms with Crippen LogP contribution >= 0.6 is 0 Å². The molecule has 0 spiro atoms. The smallest absolute Gasteiger partial charge is 0.237 e. The van der Waals surface area contributed by atoms with Gasteiger partial charge in [-0.25, -0.2) is 17.8 Å². The standard InChI is InChI=1S/C23H27FN6O3S/c1-23(2)22-27-20(15-7-9-16(24)10-8-15)21(29(22)11-12-30(23)19(31)14-25)26-17-5-4-6-18(13-17)28-34(3,32)33/h4-10,13,26,28H,11-12,14,25H2,1-3H3. The lowest BCUT2D eigenvalue weighted by molar-refractivity contribution is -0.137. The molecule has 0 saturated heterocycles. The lowest BCUT2D eigenvalue weighted by atomic mass is 9.99. The Kier molecular flexibility index (Phi) is 6.09. The third-order valence-electron chi connectivity index (χ3n) is 5.76. The zero-order valence-corrected chi connectivity index (χ0v) is 20.0. The van der Waals surface area contributed by atoms with Crippen LogP contribution in [0.25, 0.3) is 11.3 Å². The zero-order chi connectivity index (χ0) is 24.7. The number of amides is 1. The number of rotatable bonds is 6. The number of nitrogens with zero attached hydrogens (tertiary/aromatic N) is 3. The molecule has 0 atom stereocenters. The molecular formula is C23H27FN6O3S. The number of anilines is 3. The van der Waals surface area contributed by atoms with Crippen molar-refractivity contribution in [1.82, 2.24) is 14.5 Å². The van der Waals surface area contributed by atoms with Gasteiger partial charge in [0.1, 0.15) is 23.2 Å². The first-order chi connectivity index (χ1) is 16.0. The topological polar surface area (TPSA) is 122 Å². The third kappa shape index (κ3) is 4.62. The molecule has 0 bridgehead atoms. The molecule has 1 aliphatic rings. The van der Waals surface area contributed by atoms with Crippen LogP contribution in [-0.2, 0) is 26.9 Å². The maximum absolute atomic E-state index is 13.6. The predicted molar refractivity (Wildman–Crippen MR) is 130 cm³/mol.